The molecule has 0 aromatic carbocycles. The highest BCUT2D eigenvalue weighted by atomic mass is 15.3. The first kappa shape index (κ1) is 12.7. The van der Waals surface area contributed by atoms with Gasteiger partial charge in [0.15, 0.2) is 0 Å². The highest BCUT2D eigenvalue weighted by molar-refractivity contribution is 5.31. The smallest absolute Gasteiger partial charge is 0.225 e. The molecule has 108 valence electrons. The van der Waals surface area contributed by atoms with Gasteiger partial charge in [-0.15, -0.1) is 0 Å². The lowest BCUT2D eigenvalue weighted by Crippen LogP contribution is -2.29. The van der Waals surface area contributed by atoms with Gasteiger partial charge in [0.25, 0.3) is 0 Å². The zero-order valence-electron chi connectivity index (χ0n) is 12.0. The summed E-state index contributed by atoms with van der Waals surface area (Å²) in [5.41, 5.74) is 1.17. The number of hydrogen-bond donors (Lipinski definition) is 0. The monoisotopic (exact) mass is 281 g/mol. The van der Waals surface area contributed by atoms with Crippen molar-refractivity contribution in [2.24, 2.45) is 11.8 Å². The summed E-state index contributed by atoms with van der Waals surface area (Å²) in [6.07, 6.45) is 5.52. The Labute approximate surface area is 124 Å². The molecule has 2 aliphatic heterocycles. The van der Waals surface area contributed by atoms with Crippen molar-refractivity contribution < 1.29 is 0 Å². The van der Waals surface area contributed by atoms with E-state index in [2.05, 4.69) is 36.9 Å². The van der Waals surface area contributed by atoms with Gasteiger partial charge in [-0.1, -0.05) is 6.07 Å². The second-order valence-electron chi connectivity index (χ2n) is 5.99. The molecule has 4 rings (SSSR count). The maximum absolute atomic E-state index is 4.43. The van der Waals surface area contributed by atoms with Crippen LogP contribution in [0.3, 0.4) is 0 Å². The van der Waals surface area contributed by atoms with E-state index in [1.54, 1.807) is 0 Å². The number of aromatic nitrogens is 3. The van der Waals surface area contributed by atoms with Crippen molar-refractivity contribution in [3.05, 3.63) is 48.5 Å². The molecule has 0 spiro atoms. The number of fused-ring (bicyclic) bond motifs is 1. The number of hydrogen-bond acceptors (Lipinski definition) is 5. The van der Waals surface area contributed by atoms with Crippen molar-refractivity contribution >= 4 is 5.95 Å². The zero-order chi connectivity index (χ0) is 14.1. The molecule has 4 heterocycles. The number of nitrogens with zero attached hydrogens (tertiary/aromatic N) is 5. The molecule has 2 atom stereocenters. The highest BCUT2D eigenvalue weighted by Gasteiger charge is 2.40. The van der Waals surface area contributed by atoms with Crippen molar-refractivity contribution in [3.63, 3.8) is 0 Å². The summed E-state index contributed by atoms with van der Waals surface area (Å²) >= 11 is 0. The maximum atomic E-state index is 4.43. The van der Waals surface area contributed by atoms with Crippen LogP contribution in [0.25, 0.3) is 0 Å². The average molecular weight is 281 g/mol. The summed E-state index contributed by atoms with van der Waals surface area (Å²) in [7, 11) is 0. The van der Waals surface area contributed by atoms with Crippen molar-refractivity contribution in [1.82, 2.24) is 19.9 Å². The first-order chi connectivity index (χ1) is 10.4. The van der Waals surface area contributed by atoms with Gasteiger partial charge in [-0.25, -0.2) is 9.97 Å². The third-order valence-corrected chi connectivity index (χ3v) is 4.51. The van der Waals surface area contributed by atoms with Crippen LogP contribution in [-0.2, 0) is 6.54 Å². The minimum absolute atomic E-state index is 0.734. The summed E-state index contributed by atoms with van der Waals surface area (Å²) in [5.74, 6) is 2.35. The molecule has 2 aromatic heterocycles. The summed E-state index contributed by atoms with van der Waals surface area (Å²) in [5, 5.41) is 0. The molecule has 0 bridgehead atoms. The summed E-state index contributed by atoms with van der Waals surface area (Å²) in [4.78, 5) is 18.0. The van der Waals surface area contributed by atoms with Crippen LogP contribution < -0.4 is 4.90 Å². The topological polar surface area (TPSA) is 45.2 Å². The van der Waals surface area contributed by atoms with Gasteiger partial charge in [0, 0.05) is 51.3 Å². The Morgan fingerprint density at radius 2 is 1.57 bits per heavy atom. The number of anilines is 1. The lowest BCUT2D eigenvalue weighted by atomic mass is 10.0. The van der Waals surface area contributed by atoms with E-state index in [1.807, 2.05) is 30.7 Å². The van der Waals surface area contributed by atoms with Crippen LogP contribution >= 0.6 is 0 Å². The Morgan fingerprint density at radius 1 is 0.857 bits per heavy atom. The second kappa shape index (κ2) is 5.41. The molecule has 0 saturated carbocycles. The average Bonchev–Trinajstić information content (AvgIpc) is 3.07. The van der Waals surface area contributed by atoms with Gasteiger partial charge < -0.3 is 4.90 Å². The Balaban J connectivity index is 1.37. The second-order valence-corrected chi connectivity index (χ2v) is 5.99. The van der Waals surface area contributed by atoms with Gasteiger partial charge >= 0.3 is 0 Å². The molecule has 5 heteroatoms. The minimum Gasteiger partial charge on any atom is -0.340 e. The fraction of sp³-hybridized carbons (Fsp3) is 0.438. The normalized spacial score (nSPS) is 25.2. The highest BCUT2D eigenvalue weighted by Crippen LogP contribution is 2.33. The van der Waals surface area contributed by atoms with E-state index in [0.717, 1.165) is 50.5 Å². The van der Waals surface area contributed by atoms with E-state index >= 15 is 0 Å². The van der Waals surface area contributed by atoms with E-state index in [9.17, 15) is 0 Å². The van der Waals surface area contributed by atoms with Crippen molar-refractivity contribution in [2.75, 3.05) is 31.1 Å². The standard InChI is InChI=1S/C16H19N5/c1-2-5-17-15(4-1)12-20-8-13-10-21(11-14(13)9-20)16-18-6-3-7-19-16/h1-7,13-14H,8-12H2. The van der Waals surface area contributed by atoms with E-state index in [1.165, 1.54) is 5.69 Å². The Hall–Kier alpha value is -2.01. The molecule has 0 aliphatic carbocycles. The molecule has 0 amide bonds. The van der Waals surface area contributed by atoms with Gasteiger partial charge in [-0.2, -0.15) is 0 Å². The lowest BCUT2D eigenvalue weighted by molar-refractivity contribution is 0.305. The number of likely N-dealkylation sites (tertiary alicyclic amines) is 1. The van der Waals surface area contributed by atoms with Gasteiger partial charge in [0.05, 0.1) is 5.69 Å². The van der Waals surface area contributed by atoms with E-state index < -0.39 is 0 Å². The molecule has 0 radical (unpaired) electrons. The van der Waals surface area contributed by atoms with Crippen molar-refractivity contribution in [3.8, 4) is 0 Å². The van der Waals surface area contributed by atoms with Gasteiger partial charge in [-0.05, 0) is 30.0 Å². The predicted octanol–water partition coefficient (Wildman–Crippen LogP) is 1.44. The fourth-order valence-corrected chi connectivity index (χ4v) is 3.56. The van der Waals surface area contributed by atoms with Crippen molar-refractivity contribution in [1.29, 1.82) is 0 Å². The van der Waals surface area contributed by atoms with Crippen molar-refractivity contribution in [2.45, 2.75) is 6.54 Å². The molecule has 2 aromatic rings. The Kier molecular flexibility index (Phi) is 3.27. The van der Waals surface area contributed by atoms with Crippen LogP contribution in [0, 0.1) is 11.8 Å². The van der Waals surface area contributed by atoms with Crippen LogP contribution in [0.1, 0.15) is 5.69 Å². The first-order valence-electron chi connectivity index (χ1n) is 7.53. The molecule has 0 N–H and O–H groups in total. The third kappa shape index (κ3) is 2.61. The molecule has 2 saturated heterocycles. The Morgan fingerprint density at radius 3 is 2.24 bits per heavy atom. The quantitative estimate of drug-likeness (QED) is 0.852. The SMILES string of the molecule is c1ccc(CN2CC3CN(c4ncccn4)CC3C2)nc1. The van der Waals surface area contributed by atoms with E-state index in [4.69, 9.17) is 0 Å². The molecular weight excluding hydrogens is 262 g/mol. The molecule has 21 heavy (non-hydrogen) atoms. The summed E-state index contributed by atoms with van der Waals surface area (Å²) in [6.45, 7) is 5.44. The predicted molar refractivity (Wildman–Crippen MR) is 80.7 cm³/mol. The third-order valence-electron chi connectivity index (χ3n) is 4.51. The molecular formula is C16H19N5. The van der Waals surface area contributed by atoms with Gasteiger partial charge in [-0.3, -0.25) is 9.88 Å². The van der Waals surface area contributed by atoms with Gasteiger partial charge in [0.1, 0.15) is 0 Å². The van der Waals surface area contributed by atoms with E-state index in [-0.39, 0.29) is 0 Å². The molecule has 2 aliphatic rings. The largest absolute Gasteiger partial charge is 0.340 e. The van der Waals surface area contributed by atoms with Crippen LogP contribution in [0.5, 0.6) is 0 Å². The van der Waals surface area contributed by atoms with Crippen LogP contribution in [-0.4, -0.2) is 46.0 Å². The lowest BCUT2D eigenvalue weighted by Gasteiger charge is -2.21. The van der Waals surface area contributed by atoms with Crippen LogP contribution in [0.2, 0.25) is 0 Å². The Bertz CT molecular complexity index is 574. The summed E-state index contributed by atoms with van der Waals surface area (Å²) in [6, 6.07) is 8.01. The molecule has 2 fully saturated rings. The minimum atomic E-state index is 0.734. The fourth-order valence-electron chi connectivity index (χ4n) is 3.56. The number of rotatable bonds is 3. The van der Waals surface area contributed by atoms with Crippen LogP contribution in [0.4, 0.5) is 5.95 Å². The molecule has 5 nitrogen and oxygen atoms in total. The number of pyridine rings is 1. The van der Waals surface area contributed by atoms with E-state index in [0.29, 0.717) is 0 Å². The van der Waals surface area contributed by atoms with Crippen LogP contribution in [0.15, 0.2) is 42.9 Å². The maximum Gasteiger partial charge on any atom is 0.225 e. The summed E-state index contributed by atoms with van der Waals surface area (Å²) < 4.78 is 0. The first-order valence-corrected chi connectivity index (χ1v) is 7.53. The molecule has 2 unspecified atom stereocenters. The zero-order valence-corrected chi connectivity index (χ0v) is 12.0. The van der Waals surface area contributed by atoms with Gasteiger partial charge in [0.2, 0.25) is 5.95 Å².